The lowest BCUT2D eigenvalue weighted by molar-refractivity contribution is -0.384. The van der Waals surface area contributed by atoms with E-state index in [2.05, 4.69) is 35.2 Å². The molecule has 5 heteroatoms. The Labute approximate surface area is 148 Å². The predicted molar refractivity (Wildman–Crippen MR) is 98.1 cm³/mol. The van der Waals surface area contributed by atoms with Crippen molar-refractivity contribution in [1.29, 1.82) is 0 Å². The van der Waals surface area contributed by atoms with Gasteiger partial charge < -0.3 is 9.64 Å². The van der Waals surface area contributed by atoms with Gasteiger partial charge in [0, 0.05) is 18.7 Å². The van der Waals surface area contributed by atoms with Gasteiger partial charge in [0.15, 0.2) is 0 Å². The molecule has 1 saturated heterocycles. The molecule has 25 heavy (non-hydrogen) atoms. The first-order chi connectivity index (χ1) is 12.2. The first-order valence-corrected chi connectivity index (χ1v) is 8.87. The van der Waals surface area contributed by atoms with Crippen LogP contribution in [0.15, 0.2) is 54.6 Å². The number of ether oxygens (including phenoxy) is 1. The van der Waals surface area contributed by atoms with Gasteiger partial charge in [-0.3, -0.25) is 10.1 Å². The third-order valence-electron chi connectivity index (χ3n) is 4.79. The number of nitro groups is 1. The summed E-state index contributed by atoms with van der Waals surface area (Å²) in [6.07, 6.45) is 3.40. The van der Waals surface area contributed by atoms with Crippen LogP contribution in [-0.2, 0) is 0 Å². The largest absolute Gasteiger partial charge is 0.494 e. The van der Waals surface area contributed by atoms with E-state index in [0.29, 0.717) is 18.3 Å². The highest BCUT2D eigenvalue weighted by molar-refractivity contribution is 5.35. The molecule has 2 aromatic rings. The zero-order valence-electron chi connectivity index (χ0n) is 14.3. The number of nitrogens with zero attached hydrogens (tertiary/aromatic N) is 2. The summed E-state index contributed by atoms with van der Waals surface area (Å²) in [6.45, 7) is 3.94. The molecule has 0 aliphatic carbocycles. The van der Waals surface area contributed by atoms with E-state index in [-0.39, 0.29) is 5.69 Å². The molecular formula is C20H24N2O3. The average Bonchev–Trinajstić information content (AvgIpc) is 2.67. The van der Waals surface area contributed by atoms with Gasteiger partial charge in [-0.15, -0.1) is 0 Å². The number of non-ortho nitro benzene ring substituents is 1. The highest BCUT2D eigenvalue weighted by atomic mass is 16.6. The Hall–Kier alpha value is -2.40. The molecule has 1 heterocycles. The summed E-state index contributed by atoms with van der Waals surface area (Å²) in [5.74, 6) is 1.38. The fraction of sp³-hybridized carbons (Fsp3) is 0.400. The molecule has 1 fully saturated rings. The van der Waals surface area contributed by atoms with Crippen LogP contribution < -0.4 is 4.74 Å². The van der Waals surface area contributed by atoms with Crippen molar-refractivity contribution in [3.05, 3.63) is 70.3 Å². The van der Waals surface area contributed by atoms with Crippen molar-refractivity contribution < 1.29 is 9.66 Å². The zero-order valence-corrected chi connectivity index (χ0v) is 14.3. The summed E-state index contributed by atoms with van der Waals surface area (Å²) in [4.78, 5) is 12.7. The molecule has 0 bridgehead atoms. The van der Waals surface area contributed by atoms with Crippen LogP contribution in [0.25, 0.3) is 0 Å². The molecule has 2 aromatic carbocycles. The lowest BCUT2D eigenvalue weighted by Gasteiger charge is -2.32. The van der Waals surface area contributed by atoms with Gasteiger partial charge in [0.05, 0.1) is 11.5 Å². The monoisotopic (exact) mass is 340 g/mol. The van der Waals surface area contributed by atoms with Gasteiger partial charge >= 0.3 is 0 Å². The van der Waals surface area contributed by atoms with Crippen LogP contribution in [0, 0.1) is 10.1 Å². The summed E-state index contributed by atoms with van der Waals surface area (Å²) in [5, 5.41) is 10.6. The number of nitro benzene ring substituents is 1. The lowest BCUT2D eigenvalue weighted by atomic mass is 9.89. The number of hydrogen-bond donors (Lipinski definition) is 0. The van der Waals surface area contributed by atoms with Crippen molar-refractivity contribution >= 4 is 5.69 Å². The maximum Gasteiger partial charge on any atom is 0.269 e. The molecule has 0 N–H and O–H groups in total. The Kier molecular flexibility index (Phi) is 6.01. The Morgan fingerprint density at radius 1 is 1.04 bits per heavy atom. The number of benzene rings is 2. The van der Waals surface area contributed by atoms with Crippen LogP contribution >= 0.6 is 0 Å². The van der Waals surface area contributed by atoms with Crippen LogP contribution in [0.3, 0.4) is 0 Å². The zero-order chi connectivity index (χ0) is 17.5. The topological polar surface area (TPSA) is 55.6 Å². The van der Waals surface area contributed by atoms with E-state index in [4.69, 9.17) is 4.74 Å². The molecule has 0 aromatic heterocycles. The van der Waals surface area contributed by atoms with Gasteiger partial charge in [-0.25, -0.2) is 0 Å². The first-order valence-electron chi connectivity index (χ1n) is 8.87. The number of rotatable bonds is 7. The maximum atomic E-state index is 10.6. The second-order valence-electron chi connectivity index (χ2n) is 6.48. The molecule has 1 aliphatic heterocycles. The molecule has 3 rings (SSSR count). The van der Waals surface area contributed by atoms with Crippen LogP contribution in [-0.4, -0.2) is 36.1 Å². The Balaban J connectivity index is 1.34. The maximum absolute atomic E-state index is 10.6. The van der Waals surface area contributed by atoms with Crippen LogP contribution in [0.1, 0.15) is 30.7 Å². The van der Waals surface area contributed by atoms with Gasteiger partial charge in [-0.2, -0.15) is 0 Å². The van der Waals surface area contributed by atoms with Crippen LogP contribution in [0.4, 0.5) is 5.69 Å². The molecule has 132 valence electrons. The smallest absolute Gasteiger partial charge is 0.269 e. The van der Waals surface area contributed by atoms with E-state index in [0.717, 1.165) is 26.1 Å². The van der Waals surface area contributed by atoms with E-state index < -0.39 is 4.92 Å². The van der Waals surface area contributed by atoms with Crippen LogP contribution in [0.5, 0.6) is 5.75 Å². The molecule has 0 saturated carbocycles. The van der Waals surface area contributed by atoms with Gasteiger partial charge in [-0.1, -0.05) is 30.3 Å². The Bertz CT molecular complexity index is 665. The standard InChI is InChI=1S/C20H24N2O3/c23-22(24)19-7-9-20(10-8-19)25-16-4-13-21-14-11-18(12-15-21)17-5-2-1-3-6-17/h1-3,5-10,18H,4,11-16H2. The molecule has 0 unspecified atom stereocenters. The van der Waals surface area contributed by atoms with E-state index in [1.54, 1.807) is 12.1 Å². The van der Waals surface area contributed by atoms with Gasteiger partial charge in [-0.05, 0) is 56.0 Å². The number of hydrogen-bond acceptors (Lipinski definition) is 4. The number of likely N-dealkylation sites (tertiary alicyclic amines) is 1. The van der Waals surface area contributed by atoms with Crippen molar-refractivity contribution in [1.82, 2.24) is 4.90 Å². The average molecular weight is 340 g/mol. The molecule has 0 spiro atoms. The summed E-state index contributed by atoms with van der Waals surface area (Å²) in [6, 6.07) is 17.1. The first kappa shape index (κ1) is 17.4. The fourth-order valence-corrected chi connectivity index (χ4v) is 3.36. The summed E-state index contributed by atoms with van der Waals surface area (Å²) >= 11 is 0. The van der Waals surface area contributed by atoms with Gasteiger partial charge in [0.2, 0.25) is 0 Å². The van der Waals surface area contributed by atoms with E-state index in [1.165, 1.54) is 30.5 Å². The van der Waals surface area contributed by atoms with E-state index in [1.807, 2.05) is 0 Å². The highest BCUT2D eigenvalue weighted by Crippen LogP contribution is 2.27. The highest BCUT2D eigenvalue weighted by Gasteiger charge is 2.19. The third kappa shape index (κ3) is 5.03. The predicted octanol–water partition coefficient (Wildman–Crippen LogP) is 4.24. The minimum absolute atomic E-state index is 0.0913. The normalized spacial score (nSPS) is 15.8. The second kappa shape index (κ2) is 8.62. The van der Waals surface area contributed by atoms with Crippen molar-refractivity contribution in [3.63, 3.8) is 0 Å². The molecule has 0 atom stereocenters. The van der Waals surface area contributed by atoms with Gasteiger partial charge in [0.1, 0.15) is 5.75 Å². The third-order valence-corrected chi connectivity index (χ3v) is 4.79. The molecular weight excluding hydrogens is 316 g/mol. The quantitative estimate of drug-likeness (QED) is 0.430. The minimum atomic E-state index is -0.400. The lowest BCUT2D eigenvalue weighted by Crippen LogP contribution is -2.34. The Morgan fingerprint density at radius 3 is 2.36 bits per heavy atom. The van der Waals surface area contributed by atoms with Crippen molar-refractivity contribution in [2.75, 3.05) is 26.2 Å². The fourth-order valence-electron chi connectivity index (χ4n) is 3.36. The molecule has 0 amide bonds. The van der Waals surface area contributed by atoms with Crippen molar-refractivity contribution in [3.8, 4) is 5.75 Å². The van der Waals surface area contributed by atoms with Crippen molar-refractivity contribution in [2.24, 2.45) is 0 Å². The van der Waals surface area contributed by atoms with E-state index in [9.17, 15) is 10.1 Å². The van der Waals surface area contributed by atoms with Gasteiger partial charge in [0.25, 0.3) is 5.69 Å². The molecule has 0 radical (unpaired) electrons. The summed E-state index contributed by atoms with van der Waals surface area (Å²) in [7, 11) is 0. The van der Waals surface area contributed by atoms with Crippen molar-refractivity contribution in [2.45, 2.75) is 25.2 Å². The van der Waals surface area contributed by atoms with E-state index >= 15 is 0 Å². The van der Waals surface area contributed by atoms with Crippen LogP contribution in [0.2, 0.25) is 0 Å². The molecule has 1 aliphatic rings. The molecule has 5 nitrogen and oxygen atoms in total. The Morgan fingerprint density at radius 2 is 1.72 bits per heavy atom. The SMILES string of the molecule is O=[N+]([O-])c1ccc(OCCCN2CCC(c3ccccc3)CC2)cc1. The minimum Gasteiger partial charge on any atom is -0.494 e. The number of piperidine rings is 1. The summed E-state index contributed by atoms with van der Waals surface area (Å²) < 4.78 is 5.67. The summed E-state index contributed by atoms with van der Waals surface area (Å²) in [5.41, 5.74) is 1.55. The second-order valence-corrected chi connectivity index (χ2v) is 6.48.